The van der Waals surface area contributed by atoms with Crippen molar-refractivity contribution in [1.82, 2.24) is 10.3 Å². The van der Waals surface area contributed by atoms with Crippen molar-refractivity contribution in [1.29, 1.82) is 0 Å². The second-order valence-electron chi connectivity index (χ2n) is 6.90. The van der Waals surface area contributed by atoms with Crippen molar-refractivity contribution in [2.75, 3.05) is 7.05 Å². The van der Waals surface area contributed by atoms with Gasteiger partial charge in [-0.15, -0.1) is 11.3 Å². The van der Waals surface area contributed by atoms with Crippen LogP contribution in [0.3, 0.4) is 0 Å². The molecule has 0 fully saturated rings. The number of fused-ring (bicyclic) bond motifs is 1. The molecule has 4 nitrogen and oxygen atoms in total. The second kappa shape index (κ2) is 6.06. The lowest BCUT2D eigenvalue weighted by molar-refractivity contribution is 0.0696. The van der Waals surface area contributed by atoms with E-state index in [9.17, 15) is 9.90 Å². The lowest BCUT2D eigenvalue weighted by Crippen LogP contribution is -2.22. The van der Waals surface area contributed by atoms with Crippen molar-refractivity contribution in [2.24, 2.45) is 5.41 Å². The number of aryl methyl sites for hydroxylation is 1. The summed E-state index contributed by atoms with van der Waals surface area (Å²) in [5.41, 5.74) is 3.49. The van der Waals surface area contributed by atoms with Gasteiger partial charge in [-0.1, -0.05) is 19.9 Å². The molecular formula is C18H22N2O2S. The molecule has 2 heterocycles. The number of aromatic carboxylic acids is 1. The van der Waals surface area contributed by atoms with E-state index >= 15 is 0 Å². The first-order valence-corrected chi connectivity index (χ1v) is 8.71. The van der Waals surface area contributed by atoms with E-state index in [1.54, 1.807) is 17.5 Å². The van der Waals surface area contributed by atoms with Crippen molar-refractivity contribution in [3.05, 3.63) is 39.9 Å². The van der Waals surface area contributed by atoms with E-state index in [0.29, 0.717) is 12.1 Å². The summed E-state index contributed by atoms with van der Waals surface area (Å²) in [7, 11) is 1.89. The molecule has 0 saturated carbocycles. The normalized spacial score (nSPS) is 16.1. The van der Waals surface area contributed by atoms with E-state index in [-0.39, 0.29) is 5.41 Å². The average Bonchev–Trinajstić information content (AvgIpc) is 2.85. The Hall–Kier alpha value is -1.72. The molecule has 2 N–H and O–H groups in total. The summed E-state index contributed by atoms with van der Waals surface area (Å²) in [5, 5.41) is 13.0. The zero-order valence-corrected chi connectivity index (χ0v) is 14.6. The summed E-state index contributed by atoms with van der Waals surface area (Å²) in [5.74, 6) is -0.837. The molecule has 2 aromatic rings. The Morgan fingerprint density at radius 3 is 2.96 bits per heavy atom. The van der Waals surface area contributed by atoms with E-state index in [1.807, 2.05) is 19.2 Å². The predicted octanol–water partition coefficient (Wildman–Crippen LogP) is 3.74. The molecule has 3 rings (SSSR count). The van der Waals surface area contributed by atoms with Crippen molar-refractivity contribution < 1.29 is 9.90 Å². The van der Waals surface area contributed by atoms with Crippen LogP contribution < -0.4 is 5.32 Å². The van der Waals surface area contributed by atoms with Gasteiger partial charge in [0, 0.05) is 17.6 Å². The van der Waals surface area contributed by atoms with Crippen molar-refractivity contribution in [2.45, 2.75) is 39.7 Å². The number of nitrogens with zero attached hydrogens (tertiary/aromatic N) is 1. The van der Waals surface area contributed by atoms with Gasteiger partial charge in [-0.25, -0.2) is 4.79 Å². The minimum Gasteiger partial charge on any atom is -0.478 e. The standard InChI is InChI=1S/C18H22N2O2S/c1-18(2)7-6-13-12(9-18)14(17(21)22)16(23-13)15-11(10-19-3)5-4-8-20-15/h4-5,8,19H,6-7,9-10H2,1-3H3,(H,21,22). The lowest BCUT2D eigenvalue weighted by atomic mass is 9.76. The fourth-order valence-corrected chi connectivity index (χ4v) is 4.63. The molecule has 5 heteroatoms. The van der Waals surface area contributed by atoms with Crippen LogP contribution in [0.4, 0.5) is 0 Å². The van der Waals surface area contributed by atoms with Crippen LogP contribution in [0.5, 0.6) is 0 Å². The summed E-state index contributed by atoms with van der Waals surface area (Å²) in [6.07, 6.45) is 4.63. The Balaban J connectivity index is 2.18. The number of thiophene rings is 1. The van der Waals surface area contributed by atoms with Gasteiger partial charge in [-0.2, -0.15) is 0 Å². The van der Waals surface area contributed by atoms with Gasteiger partial charge in [0.1, 0.15) is 0 Å². The Bertz CT molecular complexity index is 749. The van der Waals surface area contributed by atoms with Crippen LogP contribution in [0.2, 0.25) is 0 Å². The number of carboxylic acids is 1. The molecule has 0 atom stereocenters. The van der Waals surface area contributed by atoms with E-state index in [1.165, 1.54) is 4.88 Å². The molecule has 2 aromatic heterocycles. The van der Waals surface area contributed by atoms with Gasteiger partial charge in [0.25, 0.3) is 0 Å². The van der Waals surface area contributed by atoms with E-state index in [2.05, 4.69) is 24.1 Å². The number of carbonyl (C=O) groups is 1. The molecule has 0 aliphatic heterocycles. The number of carboxylic acid groups (broad SMARTS) is 1. The van der Waals surface area contributed by atoms with E-state index < -0.39 is 5.97 Å². The molecule has 1 aliphatic carbocycles. The molecule has 0 saturated heterocycles. The van der Waals surface area contributed by atoms with E-state index in [0.717, 1.165) is 41.0 Å². The topological polar surface area (TPSA) is 62.2 Å². The number of aromatic nitrogens is 1. The molecule has 0 spiro atoms. The number of pyridine rings is 1. The van der Waals surface area contributed by atoms with Gasteiger partial charge >= 0.3 is 5.97 Å². The van der Waals surface area contributed by atoms with Gasteiger partial charge in [-0.3, -0.25) is 4.98 Å². The highest BCUT2D eigenvalue weighted by Crippen LogP contribution is 2.45. The van der Waals surface area contributed by atoms with Crippen LogP contribution in [-0.2, 0) is 19.4 Å². The third kappa shape index (κ3) is 3.03. The van der Waals surface area contributed by atoms with Crippen molar-refractivity contribution >= 4 is 17.3 Å². The Labute approximate surface area is 140 Å². The smallest absolute Gasteiger partial charge is 0.337 e. The van der Waals surface area contributed by atoms with Crippen molar-refractivity contribution in [3.8, 4) is 10.6 Å². The molecule has 122 valence electrons. The molecule has 23 heavy (non-hydrogen) atoms. The minimum atomic E-state index is -0.837. The molecular weight excluding hydrogens is 308 g/mol. The van der Waals surface area contributed by atoms with Gasteiger partial charge in [0.15, 0.2) is 0 Å². The number of hydrogen-bond donors (Lipinski definition) is 2. The SMILES string of the molecule is CNCc1cccnc1-c1sc2c(c1C(=O)O)CC(C)(C)CC2. The number of rotatable bonds is 4. The van der Waals surface area contributed by atoms with Crippen LogP contribution in [0.1, 0.15) is 46.6 Å². The maximum atomic E-state index is 12.0. The molecule has 1 aliphatic rings. The average molecular weight is 330 g/mol. The van der Waals surface area contributed by atoms with E-state index in [4.69, 9.17) is 0 Å². The monoisotopic (exact) mass is 330 g/mol. The van der Waals surface area contributed by atoms with Gasteiger partial charge in [-0.05, 0) is 48.9 Å². The maximum Gasteiger partial charge on any atom is 0.337 e. The molecule has 0 bridgehead atoms. The Morgan fingerprint density at radius 1 is 1.48 bits per heavy atom. The van der Waals surface area contributed by atoms with Gasteiger partial charge in [0.2, 0.25) is 0 Å². The second-order valence-corrected chi connectivity index (χ2v) is 8.00. The molecule has 0 unspecified atom stereocenters. The molecule has 0 radical (unpaired) electrons. The number of hydrogen-bond acceptors (Lipinski definition) is 4. The summed E-state index contributed by atoms with van der Waals surface area (Å²) < 4.78 is 0. The van der Waals surface area contributed by atoms with Crippen LogP contribution in [0.15, 0.2) is 18.3 Å². The van der Waals surface area contributed by atoms with Crippen LogP contribution in [-0.4, -0.2) is 23.1 Å². The Morgan fingerprint density at radius 2 is 2.26 bits per heavy atom. The highest BCUT2D eigenvalue weighted by molar-refractivity contribution is 7.16. The summed E-state index contributed by atoms with van der Waals surface area (Å²) in [6, 6.07) is 3.90. The lowest BCUT2D eigenvalue weighted by Gasteiger charge is -2.29. The maximum absolute atomic E-state index is 12.0. The summed E-state index contributed by atoms with van der Waals surface area (Å²) >= 11 is 1.61. The van der Waals surface area contributed by atoms with Crippen LogP contribution >= 0.6 is 11.3 Å². The first-order chi connectivity index (χ1) is 10.9. The zero-order valence-electron chi connectivity index (χ0n) is 13.8. The quantitative estimate of drug-likeness (QED) is 0.896. The van der Waals surface area contributed by atoms with Gasteiger partial charge < -0.3 is 10.4 Å². The Kier molecular flexibility index (Phi) is 4.25. The fraction of sp³-hybridized carbons (Fsp3) is 0.444. The highest BCUT2D eigenvalue weighted by atomic mass is 32.1. The summed E-state index contributed by atoms with van der Waals surface area (Å²) in [4.78, 5) is 18.5. The number of nitrogens with one attached hydrogen (secondary N) is 1. The van der Waals surface area contributed by atoms with Crippen LogP contribution in [0.25, 0.3) is 10.6 Å². The largest absolute Gasteiger partial charge is 0.478 e. The van der Waals surface area contributed by atoms with Gasteiger partial charge in [0.05, 0.1) is 16.1 Å². The first-order valence-electron chi connectivity index (χ1n) is 7.89. The third-order valence-electron chi connectivity index (χ3n) is 4.46. The molecule has 0 amide bonds. The molecule has 0 aromatic carbocycles. The van der Waals surface area contributed by atoms with Crippen LogP contribution in [0, 0.1) is 5.41 Å². The first kappa shape index (κ1) is 16.1. The summed E-state index contributed by atoms with van der Waals surface area (Å²) in [6.45, 7) is 5.11. The zero-order chi connectivity index (χ0) is 16.6. The third-order valence-corrected chi connectivity index (χ3v) is 5.76. The fourth-order valence-electron chi connectivity index (χ4n) is 3.29. The highest BCUT2D eigenvalue weighted by Gasteiger charge is 2.33. The predicted molar refractivity (Wildman–Crippen MR) is 93.1 cm³/mol. The van der Waals surface area contributed by atoms with Crippen molar-refractivity contribution in [3.63, 3.8) is 0 Å². The minimum absolute atomic E-state index is 0.160.